The molecular weight excluding hydrogens is 424 g/mol. The maximum absolute atomic E-state index is 13.1. The molecule has 0 aliphatic heterocycles. The number of aromatic nitrogens is 3. The zero-order chi connectivity index (χ0) is 21.1. The van der Waals surface area contributed by atoms with Crippen molar-refractivity contribution in [1.29, 1.82) is 0 Å². The third-order valence-electron chi connectivity index (χ3n) is 4.35. The normalized spacial score (nSPS) is 12.1. The van der Waals surface area contributed by atoms with E-state index >= 15 is 0 Å². The smallest absolute Gasteiger partial charge is 0.262 e. The van der Waals surface area contributed by atoms with Crippen LogP contribution in [-0.4, -0.2) is 25.7 Å². The lowest BCUT2D eigenvalue weighted by atomic mass is 10.2. The summed E-state index contributed by atoms with van der Waals surface area (Å²) in [4.78, 5) is 34.4. The van der Waals surface area contributed by atoms with Gasteiger partial charge in [0, 0.05) is 6.20 Å². The first-order valence-electron chi connectivity index (χ1n) is 9.12. The van der Waals surface area contributed by atoms with Crippen molar-refractivity contribution in [3.8, 4) is 0 Å². The maximum Gasteiger partial charge on any atom is 0.262 e. The zero-order valence-corrected chi connectivity index (χ0v) is 17.5. The van der Waals surface area contributed by atoms with Crippen LogP contribution in [0.25, 0.3) is 10.9 Å². The van der Waals surface area contributed by atoms with Crippen LogP contribution in [0.1, 0.15) is 12.7 Å². The molecule has 0 aliphatic carbocycles. The second-order valence-corrected chi connectivity index (χ2v) is 8.24. The molecule has 0 spiro atoms. The van der Waals surface area contributed by atoms with Crippen molar-refractivity contribution in [1.82, 2.24) is 14.5 Å². The minimum absolute atomic E-state index is 0.188. The Morgan fingerprint density at radius 1 is 1.23 bits per heavy atom. The molecule has 0 aliphatic rings. The third-order valence-corrected chi connectivity index (χ3v) is 5.66. The van der Waals surface area contributed by atoms with E-state index in [4.69, 9.17) is 16.0 Å². The van der Waals surface area contributed by atoms with Crippen molar-refractivity contribution < 1.29 is 9.21 Å². The molecule has 0 unspecified atom stereocenters. The highest BCUT2D eigenvalue weighted by atomic mass is 35.5. The lowest BCUT2D eigenvalue weighted by molar-refractivity contribution is -0.115. The number of halogens is 1. The van der Waals surface area contributed by atoms with E-state index in [1.807, 2.05) is 6.07 Å². The monoisotopic (exact) mass is 440 g/mol. The Morgan fingerprint density at radius 3 is 2.80 bits per heavy atom. The highest BCUT2D eigenvalue weighted by Gasteiger charge is 2.20. The van der Waals surface area contributed by atoms with Crippen LogP contribution in [-0.2, 0) is 11.3 Å². The van der Waals surface area contributed by atoms with Crippen LogP contribution >= 0.6 is 23.4 Å². The highest BCUT2D eigenvalue weighted by Crippen LogP contribution is 2.24. The van der Waals surface area contributed by atoms with Crippen molar-refractivity contribution >= 4 is 46.0 Å². The molecule has 9 heteroatoms. The number of hydrogen-bond donors (Lipinski definition) is 1. The molecule has 1 atom stereocenters. The molecule has 7 nitrogen and oxygen atoms in total. The number of carbonyl (C=O) groups excluding carboxylic acids is 1. The van der Waals surface area contributed by atoms with Gasteiger partial charge in [-0.3, -0.25) is 14.2 Å². The second kappa shape index (κ2) is 8.73. The molecule has 0 saturated carbocycles. The fraction of sp³-hybridized carbons (Fsp3) is 0.143. The Morgan fingerprint density at radius 2 is 2.07 bits per heavy atom. The van der Waals surface area contributed by atoms with Gasteiger partial charge in [-0.1, -0.05) is 35.5 Å². The minimum Gasteiger partial charge on any atom is -0.467 e. The van der Waals surface area contributed by atoms with Crippen LogP contribution in [0, 0.1) is 0 Å². The molecule has 1 N–H and O–H groups in total. The van der Waals surface area contributed by atoms with Crippen LogP contribution < -0.4 is 10.9 Å². The summed E-state index contributed by atoms with van der Waals surface area (Å²) in [7, 11) is 0. The molecule has 1 aromatic carbocycles. The van der Waals surface area contributed by atoms with Gasteiger partial charge >= 0.3 is 0 Å². The molecule has 152 valence electrons. The second-order valence-electron chi connectivity index (χ2n) is 6.49. The van der Waals surface area contributed by atoms with Crippen LogP contribution in [0.2, 0.25) is 5.02 Å². The van der Waals surface area contributed by atoms with Crippen LogP contribution in [0.4, 0.5) is 5.82 Å². The zero-order valence-electron chi connectivity index (χ0n) is 15.9. The molecular formula is C21H17ClN4O3S. The first kappa shape index (κ1) is 20.2. The van der Waals surface area contributed by atoms with E-state index in [2.05, 4.69) is 15.3 Å². The van der Waals surface area contributed by atoms with Crippen LogP contribution in [0.3, 0.4) is 0 Å². The van der Waals surface area contributed by atoms with Gasteiger partial charge in [0.15, 0.2) is 5.16 Å². The molecule has 0 fully saturated rings. The SMILES string of the molecule is C[C@@H](Sc1nc2ccccc2c(=O)n1Cc1ccco1)C(=O)Nc1ccc(Cl)cn1. The molecule has 3 heterocycles. The fourth-order valence-electron chi connectivity index (χ4n) is 2.82. The van der Waals surface area contributed by atoms with E-state index in [0.29, 0.717) is 32.7 Å². The average Bonchev–Trinajstić information content (AvgIpc) is 3.26. The number of carbonyl (C=O) groups is 1. The molecule has 0 saturated heterocycles. The number of nitrogens with one attached hydrogen (secondary N) is 1. The van der Waals surface area contributed by atoms with Crippen molar-refractivity contribution in [3.63, 3.8) is 0 Å². The summed E-state index contributed by atoms with van der Waals surface area (Å²) in [5.41, 5.74) is 0.388. The number of nitrogens with zero attached hydrogens (tertiary/aromatic N) is 3. The maximum atomic E-state index is 13.1. The summed E-state index contributed by atoms with van der Waals surface area (Å²) < 4.78 is 6.93. The van der Waals surface area contributed by atoms with Gasteiger partial charge in [0.05, 0.1) is 34.0 Å². The van der Waals surface area contributed by atoms with Crippen LogP contribution in [0.15, 0.2) is 75.4 Å². The summed E-state index contributed by atoms with van der Waals surface area (Å²) in [6.07, 6.45) is 3.01. The molecule has 3 aromatic heterocycles. The summed E-state index contributed by atoms with van der Waals surface area (Å²) in [6.45, 7) is 1.97. The third kappa shape index (κ3) is 4.39. The Hall–Kier alpha value is -3.10. The summed E-state index contributed by atoms with van der Waals surface area (Å²) in [5, 5.41) is 3.64. The Labute approximate surface area is 181 Å². The van der Waals surface area contributed by atoms with E-state index in [1.54, 1.807) is 55.7 Å². The molecule has 30 heavy (non-hydrogen) atoms. The van der Waals surface area contributed by atoms with Crippen LogP contribution in [0.5, 0.6) is 0 Å². The first-order valence-corrected chi connectivity index (χ1v) is 10.4. The standard InChI is InChI=1S/C21H17ClN4O3S/c1-13(19(27)25-18-9-8-14(22)11-23-18)30-21-24-17-7-3-2-6-16(17)20(28)26(21)12-15-5-4-10-29-15/h2-11,13H,12H2,1H3,(H,23,25,27)/t13-/m1/s1. The average molecular weight is 441 g/mol. The number of furan rings is 1. The number of hydrogen-bond acceptors (Lipinski definition) is 6. The van der Waals surface area contributed by atoms with Gasteiger partial charge in [0.25, 0.3) is 5.56 Å². The van der Waals surface area contributed by atoms with Crippen molar-refractivity contribution in [2.24, 2.45) is 0 Å². The predicted molar refractivity (Wildman–Crippen MR) is 117 cm³/mol. The number of para-hydroxylation sites is 1. The number of rotatable bonds is 6. The number of pyridine rings is 1. The summed E-state index contributed by atoms with van der Waals surface area (Å²) in [6, 6.07) is 14.0. The summed E-state index contributed by atoms with van der Waals surface area (Å²) >= 11 is 7.02. The predicted octanol–water partition coefficient (Wildman–Crippen LogP) is 4.21. The molecule has 4 rings (SSSR count). The fourth-order valence-corrected chi connectivity index (χ4v) is 3.84. The van der Waals surface area contributed by atoms with Crippen molar-refractivity contribution in [2.45, 2.75) is 23.9 Å². The number of benzene rings is 1. The lowest BCUT2D eigenvalue weighted by Gasteiger charge is -2.15. The van der Waals surface area contributed by atoms with Gasteiger partial charge in [-0.2, -0.15) is 0 Å². The van der Waals surface area contributed by atoms with E-state index in [9.17, 15) is 9.59 Å². The van der Waals surface area contributed by atoms with E-state index in [-0.39, 0.29) is 18.0 Å². The molecule has 4 aromatic rings. The largest absolute Gasteiger partial charge is 0.467 e. The van der Waals surface area contributed by atoms with Gasteiger partial charge in [-0.05, 0) is 43.3 Å². The first-order chi connectivity index (χ1) is 14.5. The van der Waals surface area contributed by atoms with E-state index < -0.39 is 5.25 Å². The van der Waals surface area contributed by atoms with E-state index in [0.717, 1.165) is 0 Å². The Kier molecular flexibility index (Phi) is 5.87. The lowest BCUT2D eigenvalue weighted by Crippen LogP contribution is -2.27. The number of thioether (sulfide) groups is 1. The quantitative estimate of drug-likeness (QED) is 0.357. The Balaban J connectivity index is 1.64. The molecule has 1 amide bonds. The van der Waals surface area contributed by atoms with Crippen molar-refractivity contribution in [2.75, 3.05) is 5.32 Å². The number of fused-ring (bicyclic) bond motifs is 1. The van der Waals surface area contributed by atoms with Crippen molar-refractivity contribution in [3.05, 3.63) is 82.1 Å². The topological polar surface area (TPSA) is 90.0 Å². The van der Waals surface area contributed by atoms with Gasteiger partial charge in [0.1, 0.15) is 11.6 Å². The molecule has 0 bridgehead atoms. The Bertz CT molecular complexity index is 1240. The van der Waals surface area contributed by atoms with Gasteiger partial charge in [-0.25, -0.2) is 9.97 Å². The highest BCUT2D eigenvalue weighted by molar-refractivity contribution is 8.00. The van der Waals surface area contributed by atoms with E-state index in [1.165, 1.54) is 22.5 Å². The number of anilines is 1. The number of amides is 1. The van der Waals surface area contributed by atoms with Gasteiger partial charge < -0.3 is 9.73 Å². The van der Waals surface area contributed by atoms with Gasteiger partial charge in [0.2, 0.25) is 5.91 Å². The summed E-state index contributed by atoms with van der Waals surface area (Å²) in [5.74, 6) is 0.761. The minimum atomic E-state index is -0.529. The van der Waals surface area contributed by atoms with Gasteiger partial charge in [-0.15, -0.1) is 0 Å². The molecule has 0 radical (unpaired) electrons.